The minimum atomic E-state index is 0.360. The van der Waals surface area contributed by atoms with E-state index in [9.17, 15) is 4.79 Å². The maximum absolute atomic E-state index is 12.1. The van der Waals surface area contributed by atoms with Crippen LogP contribution >= 0.6 is 0 Å². The lowest BCUT2D eigenvalue weighted by Gasteiger charge is -2.34. The first-order valence-corrected chi connectivity index (χ1v) is 18.9. The van der Waals surface area contributed by atoms with Crippen molar-refractivity contribution < 1.29 is 14.3 Å². The summed E-state index contributed by atoms with van der Waals surface area (Å²) in [5, 5.41) is 0. The molecular formula is C37H71N3O3. The molecule has 0 spiro atoms. The number of Topliss-reactive ketones (excluding diaryl/α,β-unsaturated/α-hetero) is 1. The van der Waals surface area contributed by atoms with Crippen molar-refractivity contribution in [1.29, 1.82) is 0 Å². The SMILES string of the molecule is CCCCCCN1CCC(CCCC2CCN(CCCCCN3CCC(CCC(=O)CCOCCOC)CC3)CC2)CC1. The number of likely N-dealkylation sites (tertiary alicyclic amines) is 3. The fourth-order valence-electron chi connectivity index (χ4n) is 7.72. The number of nitrogens with zero attached hydrogens (tertiary/aromatic N) is 3. The van der Waals surface area contributed by atoms with Gasteiger partial charge in [-0.05, 0) is 141 Å². The Balaban J connectivity index is 1.08. The summed E-state index contributed by atoms with van der Waals surface area (Å²) in [5.74, 6) is 3.10. The van der Waals surface area contributed by atoms with Crippen LogP contribution in [0.15, 0.2) is 0 Å². The van der Waals surface area contributed by atoms with Crippen LogP contribution in [0.2, 0.25) is 0 Å². The standard InChI is InChI=1S/C37H71N3O3/c1-3-4-5-7-22-38-25-15-34(16-26-38)11-10-12-35-17-27-39(28-18-35)23-8-6-9-24-40-29-19-36(20-30-40)13-14-37(41)21-31-43-33-32-42-2/h34-36H,3-33H2,1-2H3. The van der Waals surface area contributed by atoms with Crippen LogP contribution in [0.3, 0.4) is 0 Å². The molecule has 0 saturated carbocycles. The molecule has 0 aliphatic carbocycles. The Morgan fingerprint density at radius 1 is 0.558 bits per heavy atom. The van der Waals surface area contributed by atoms with E-state index < -0.39 is 0 Å². The molecule has 6 heteroatoms. The number of hydrogen-bond acceptors (Lipinski definition) is 6. The van der Waals surface area contributed by atoms with E-state index in [1.54, 1.807) is 7.11 Å². The van der Waals surface area contributed by atoms with Gasteiger partial charge >= 0.3 is 0 Å². The van der Waals surface area contributed by atoms with Crippen molar-refractivity contribution in [3.63, 3.8) is 0 Å². The van der Waals surface area contributed by atoms with Gasteiger partial charge in [-0.3, -0.25) is 4.79 Å². The van der Waals surface area contributed by atoms with Gasteiger partial charge in [0.05, 0.1) is 19.8 Å². The molecule has 6 nitrogen and oxygen atoms in total. The van der Waals surface area contributed by atoms with E-state index in [-0.39, 0.29) is 0 Å². The van der Waals surface area contributed by atoms with Crippen LogP contribution in [0.4, 0.5) is 0 Å². The van der Waals surface area contributed by atoms with Gasteiger partial charge in [-0.2, -0.15) is 0 Å². The number of ether oxygens (including phenoxy) is 2. The van der Waals surface area contributed by atoms with Crippen molar-refractivity contribution in [2.24, 2.45) is 17.8 Å². The highest BCUT2D eigenvalue weighted by atomic mass is 16.5. The van der Waals surface area contributed by atoms with Crippen molar-refractivity contribution in [3.8, 4) is 0 Å². The Morgan fingerprint density at radius 3 is 1.49 bits per heavy atom. The molecule has 0 unspecified atom stereocenters. The van der Waals surface area contributed by atoms with Crippen LogP contribution in [-0.2, 0) is 14.3 Å². The molecule has 43 heavy (non-hydrogen) atoms. The second-order valence-electron chi connectivity index (χ2n) is 14.3. The van der Waals surface area contributed by atoms with Crippen molar-refractivity contribution in [1.82, 2.24) is 14.7 Å². The molecule has 3 aliphatic rings. The Hall–Kier alpha value is -0.530. The Kier molecular flexibility index (Phi) is 20.4. The van der Waals surface area contributed by atoms with E-state index in [0.29, 0.717) is 32.0 Å². The Morgan fingerprint density at radius 2 is 1.02 bits per heavy atom. The zero-order valence-electron chi connectivity index (χ0n) is 28.7. The molecule has 3 aliphatic heterocycles. The second-order valence-corrected chi connectivity index (χ2v) is 14.3. The number of carbonyl (C=O) groups excluding carboxylic acids is 1. The summed E-state index contributed by atoms with van der Waals surface area (Å²) in [6.07, 6.45) is 24.9. The average Bonchev–Trinajstić information content (AvgIpc) is 3.04. The van der Waals surface area contributed by atoms with E-state index in [1.807, 2.05) is 0 Å². The first-order valence-electron chi connectivity index (χ1n) is 18.9. The highest BCUT2D eigenvalue weighted by Crippen LogP contribution is 2.28. The van der Waals surface area contributed by atoms with Gasteiger partial charge in [-0.25, -0.2) is 0 Å². The summed E-state index contributed by atoms with van der Waals surface area (Å²) in [6, 6.07) is 0. The third kappa shape index (κ3) is 17.1. The molecule has 0 radical (unpaired) electrons. The van der Waals surface area contributed by atoms with E-state index >= 15 is 0 Å². The van der Waals surface area contributed by atoms with Crippen LogP contribution in [0, 0.1) is 17.8 Å². The lowest BCUT2D eigenvalue weighted by molar-refractivity contribution is -0.120. The molecule has 0 aromatic carbocycles. The van der Waals surface area contributed by atoms with Gasteiger partial charge < -0.3 is 24.2 Å². The van der Waals surface area contributed by atoms with Gasteiger partial charge in [0.1, 0.15) is 5.78 Å². The van der Waals surface area contributed by atoms with E-state index in [2.05, 4.69) is 21.6 Å². The zero-order valence-corrected chi connectivity index (χ0v) is 28.7. The van der Waals surface area contributed by atoms with E-state index in [1.165, 1.54) is 162 Å². The van der Waals surface area contributed by atoms with Crippen molar-refractivity contribution >= 4 is 5.78 Å². The topological polar surface area (TPSA) is 45.2 Å². The average molecular weight is 606 g/mol. The van der Waals surface area contributed by atoms with Crippen molar-refractivity contribution in [2.75, 3.05) is 85.8 Å². The number of ketones is 1. The van der Waals surface area contributed by atoms with E-state index in [0.717, 1.165) is 30.6 Å². The largest absolute Gasteiger partial charge is 0.382 e. The highest BCUT2D eigenvalue weighted by molar-refractivity contribution is 5.78. The number of methoxy groups -OCH3 is 1. The third-order valence-corrected chi connectivity index (χ3v) is 10.9. The Bertz CT molecular complexity index is 668. The molecule has 3 saturated heterocycles. The molecule has 3 rings (SSSR count). The molecular weight excluding hydrogens is 534 g/mol. The first kappa shape index (κ1) is 36.9. The van der Waals surface area contributed by atoms with Gasteiger partial charge in [0.2, 0.25) is 0 Å². The van der Waals surface area contributed by atoms with Crippen molar-refractivity contribution in [3.05, 3.63) is 0 Å². The summed E-state index contributed by atoms with van der Waals surface area (Å²) < 4.78 is 10.4. The van der Waals surface area contributed by atoms with Crippen LogP contribution in [0.25, 0.3) is 0 Å². The summed E-state index contributed by atoms with van der Waals surface area (Å²) in [5.41, 5.74) is 0. The van der Waals surface area contributed by atoms with Crippen LogP contribution < -0.4 is 0 Å². The van der Waals surface area contributed by atoms with Crippen LogP contribution in [-0.4, -0.2) is 106 Å². The van der Waals surface area contributed by atoms with Crippen LogP contribution in [0.1, 0.15) is 129 Å². The second kappa shape index (κ2) is 23.8. The smallest absolute Gasteiger partial charge is 0.135 e. The van der Waals surface area contributed by atoms with Gasteiger partial charge in [-0.1, -0.05) is 51.9 Å². The first-order chi connectivity index (χ1) is 21.2. The highest BCUT2D eigenvalue weighted by Gasteiger charge is 2.22. The van der Waals surface area contributed by atoms with Crippen LogP contribution in [0.5, 0.6) is 0 Å². The molecule has 0 N–H and O–H groups in total. The lowest BCUT2D eigenvalue weighted by atomic mass is 9.87. The van der Waals surface area contributed by atoms with Gasteiger partial charge in [0, 0.05) is 20.0 Å². The summed E-state index contributed by atoms with van der Waals surface area (Å²) in [6.45, 7) is 15.8. The molecule has 3 fully saturated rings. The maximum atomic E-state index is 12.1. The zero-order chi connectivity index (χ0) is 30.4. The fourth-order valence-corrected chi connectivity index (χ4v) is 7.72. The number of carbonyl (C=O) groups is 1. The normalized spacial score (nSPS) is 20.7. The number of unbranched alkanes of at least 4 members (excludes halogenated alkanes) is 5. The number of rotatable bonds is 24. The molecule has 0 atom stereocenters. The van der Waals surface area contributed by atoms with Gasteiger partial charge in [-0.15, -0.1) is 0 Å². The monoisotopic (exact) mass is 606 g/mol. The summed E-state index contributed by atoms with van der Waals surface area (Å²) in [4.78, 5) is 20.3. The summed E-state index contributed by atoms with van der Waals surface area (Å²) in [7, 11) is 1.67. The number of hydrogen-bond donors (Lipinski definition) is 0. The quantitative estimate of drug-likeness (QED) is 0.107. The van der Waals surface area contributed by atoms with Gasteiger partial charge in [0.25, 0.3) is 0 Å². The molecule has 3 heterocycles. The molecule has 252 valence electrons. The summed E-state index contributed by atoms with van der Waals surface area (Å²) >= 11 is 0. The molecule has 0 amide bonds. The van der Waals surface area contributed by atoms with Crippen molar-refractivity contribution in [2.45, 2.75) is 129 Å². The van der Waals surface area contributed by atoms with E-state index in [4.69, 9.17) is 9.47 Å². The maximum Gasteiger partial charge on any atom is 0.135 e. The minimum absolute atomic E-state index is 0.360. The Labute approximate surface area is 267 Å². The third-order valence-electron chi connectivity index (χ3n) is 10.9. The molecule has 0 aromatic rings. The predicted molar refractivity (Wildman–Crippen MR) is 181 cm³/mol. The minimum Gasteiger partial charge on any atom is -0.382 e. The molecule has 0 bridgehead atoms. The predicted octanol–water partition coefficient (Wildman–Crippen LogP) is 7.45. The van der Waals surface area contributed by atoms with Gasteiger partial charge in [0.15, 0.2) is 0 Å². The fraction of sp³-hybridized carbons (Fsp3) is 0.973. The lowest BCUT2D eigenvalue weighted by Crippen LogP contribution is -2.35. The molecule has 0 aromatic heterocycles. The number of piperidine rings is 3.